The third kappa shape index (κ3) is 3.35. The van der Waals surface area contributed by atoms with E-state index in [0.717, 1.165) is 0 Å². The van der Waals surface area contributed by atoms with Crippen molar-refractivity contribution in [1.29, 1.82) is 0 Å². The molecule has 2 aromatic heterocycles. The van der Waals surface area contributed by atoms with E-state index in [0.29, 0.717) is 24.3 Å². The Morgan fingerprint density at radius 3 is 2.91 bits per heavy atom. The number of alkyl halides is 3. The van der Waals surface area contributed by atoms with Crippen LogP contribution < -0.4 is 0 Å². The van der Waals surface area contributed by atoms with E-state index in [9.17, 15) is 18.0 Å². The number of piperidine rings is 1. The van der Waals surface area contributed by atoms with Crippen LogP contribution in [0.5, 0.6) is 0 Å². The number of likely N-dealkylation sites (tertiary alicyclic amines) is 1. The fourth-order valence-corrected chi connectivity index (χ4v) is 2.61. The summed E-state index contributed by atoms with van der Waals surface area (Å²) in [5, 5.41) is 3.68. The second-order valence-electron chi connectivity index (χ2n) is 5.45. The summed E-state index contributed by atoms with van der Waals surface area (Å²) in [6, 6.07) is 4.87. The van der Waals surface area contributed by atoms with E-state index >= 15 is 0 Å². The molecule has 3 heterocycles. The van der Waals surface area contributed by atoms with Gasteiger partial charge in [0.25, 0.3) is 5.91 Å². The molecule has 1 saturated heterocycles. The third-order valence-corrected chi connectivity index (χ3v) is 3.85. The number of pyridine rings is 1. The molecule has 0 aromatic carbocycles. The van der Waals surface area contributed by atoms with E-state index in [1.54, 1.807) is 24.5 Å². The first kappa shape index (κ1) is 15.5. The number of carbonyl (C=O) groups is 1. The molecule has 0 radical (unpaired) electrons. The molecular formula is C15H14F3N3O2. The molecule has 1 aliphatic heterocycles. The number of rotatable bonds is 2. The first-order valence-electron chi connectivity index (χ1n) is 7.18. The lowest BCUT2D eigenvalue weighted by molar-refractivity contribution is -0.184. The molecule has 1 aliphatic rings. The molecule has 0 bridgehead atoms. The van der Waals surface area contributed by atoms with Crippen LogP contribution in [0.25, 0.3) is 11.3 Å². The molecule has 0 spiro atoms. The largest absolute Gasteiger partial charge is 0.393 e. The summed E-state index contributed by atoms with van der Waals surface area (Å²) in [4.78, 5) is 17.5. The third-order valence-electron chi connectivity index (χ3n) is 3.85. The van der Waals surface area contributed by atoms with Crippen LogP contribution in [0.1, 0.15) is 23.3 Å². The first-order valence-corrected chi connectivity index (χ1v) is 7.18. The summed E-state index contributed by atoms with van der Waals surface area (Å²) < 4.78 is 43.6. The second kappa shape index (κ2) is 6.02. The minimum atomic E-state index is -4.29. The van der Waals surface area contributed by atoms with Crippen molar-refractivity contribution in [2.24, 2.45) is 5.92 Å². The van der Waals surface area contributed by atoms with Gasteiger partial charge in [-0.25, -0.2) is 0 Å². The van der Waals surface area contributed by atoms with E-state index in [1.165, 1.54) is 11.0 Å². The van der Waals surface area contributed by atoms with Crippen LogP contribution in [0.3, 0.4) is 0 Å². The van der Waals surface area contributed by atoms with Gasteiger partial charge >= 0.3 is 6.18 Å². The standard InChI is InChI=1S/C15H14F3N3O2/c16-15(17,18)11-4-2-6-21(9-11)14(22)12-7-13(23-20-12)10-3-1-5-19-8-10/h1,3,5,7-8,11H,2,4,6,9H2/t11-/m1/s1. The molecule has 0 N–H and O–H groups in total. The Bertz CT molecular complexity index is 685. The molecule has 122 valence electrons. The van der Waals surface area contributed by atoms with Gasteiger partial charge in [-0.05, 0) is 25.0 Å². The van der Waals surface area contributed by atoms with Crippen molar-refractivity contribution >= 4 is 5.91 Å². The lowest BCUT2D eigenvalue weighted by atomic mass is 9.97. The summed E-state index contributed by atoms with van der Waals surface area (Å²) in [6.45, 7) is -0.0437. The number of halogens is 3. The van der Waals surface area contributed by atoms with Crippen molar-refractivity contribution in [2.75, 3.05) is 13.1 Å². The van der Waals surface area contributed by atoms with Gasteiger partial charge in [-0.15, -0.1) is 0 Å². The molecule has 1 amide bonds. The van der Waals surface area contributed by atoms with Crippen molar-refractivity contribution in [3.63, 3.8) is 0 Å². The summed E-state index contributed by atoms with van der Waals surface area (Å²) in [6.07, 6.45) is -0.772. The summed E-state index contributed by atoms with van der Waals surface area (Å²) in [5.74, 6) is -1.67. The predicted octanol–water partition coefficient (Wildman–Crippen LogP) is 3.15. The monoisotopic (exact) mass is 325 g/mol. The molecule has 3 rings (SSSR count). The Hall–Kier alpha value is -2.38. The van der Waals surface area contributed by atoms with Crippen LogP contribution in [0, 0.1) is 5.92 Å². The Morgan fingerprint density at radius 1 is 1.39 bits per heavy atom. The molecule has 1 atom stereocenters. The fraction of sp³-hybridized carbons (Fsp3) is 0.400. The zero-order chi connectivity index (χ0) is 16.4. The molecule has 8 heteroatoms. The van der Waals surface area contributed by atoms with Gasteiger partial charge < -0.3 is 9.42 Å². The summed E-state index contributed by atoms with van der Waals surface area (Å²) in [7, 11) is 0. The molecular weight excluding hydrogens is 311 g/mol. The van der Waals surface area contributed by atoms with Gasteiger partial charge in [0.2, 0.25) is 0 Å². The zero-order valence-electron chi connectivity index (χ0n) is 12.1. The molecule has 23 heavy (non-hydrogen) atoms. The maximum absolute atomic E-state index is 12.8. The van der Waals surface area contributed by atoms with Crippen LogP contribution in [0.15, 0.2) is 35.1 Å². The summed E-state index contributed by atoms with van der Waals surface area (Å²) >= 11 is 0. The molecule has 1 fully saturated rings. The number of nitrogens with zero attached hydrogens (tertiary/aromatic N) is 3. The normalized spacial score (nSPS) is 18.9. The van der Waals surface area contributed by atoms with Gasteiger partial charge in [0.15, 0.2) is 11.5 Å². The SMILES string of the molecule is O=C(c1cc(-c2cccnc2)on1)N1CCC[C@@H](C(F)(F)F)C1. The highest BCUT2D eigenvalue weighted by molar-refractivity contribution is 5.93. The Morgan fingerprint density at radius 2 is 2.22 bits per heavy atom. The number of hydrogen-bond acceptors (Lipinski definition) is 4. The van der Waals surface area contributed by atoms with Crippen LogP contribution in [0.4, 0.5) is 13.2 Å². The Balaban J connectivity index is 1.75. The van der Waals surface area contributed by atoms with Gasteiger partial charge in [-0.3, -0.25) is 9.78 Å². The minimum Gasteiger partial charge on any atom is -0.355 e. The van der Waals surface area contributed by atoms with E-state index in [4.69, 9.17) is 4.52 Å². The molecule has 0 saturated carbocycles. The average Bonchev–Trinajstić information content (AvgIpc) is 3.04. The highest BCUT2D eigenvalue weighted by Crippen LogP contribution is 2.33. The Labute approximate surface area is 130 Å². The number of aromatic nitrogens is 2. The van der Waals surface area contributed by atoms with E-state index in [2.05, 4.69) is 10.1 Å². The van der Waals surface area contributed by atoms with E-state index < -0.39 is 18.0 Å². The molecule has 5 nitrogen and oxygen atoms in total. The lowest BCUT2D eigenvalue weighted by Crippen LogP contribution is -2.44. The van der Waals surface area contributed by atoms with Crippen molar-refractivity contribution < 1.29 is 22.5 Å². The topological polar surface area (TPSA) is 59.2 Å². The van der Waals surface area contributed by atoms with Crippen molar-refractivity contribution in [1.82, 2.24) is 15.0 Å². The quantitative estimate of drug-likeness (QED) is 0.851. The average molecular weight is 325 g/mol. The molecule has 2 aromatic rings. The van der Waals surface area contributed by atoms with E-state index in [-0.39, 0.29) is 18.7 Å². The van der Waals surface area contributed by atoms with Crippen molar-refractivity contribution in [3.8, 4) is 11.3 Å². The summed E-state index contributed by atoms with van der Waals surface area (Å²) in [5.41, 5.74) is 0.650. The van der Waals surface area contributed by atoms with Gasteiger partial charge in [0.1, 0.15) is 0 Å². The smallest absolute Gasteiger partial charge is 0.355 e. The number of carbonyl (C=O) groups excluding carboxylic acids is 1. The highest BCUT2D eigenvalue weighted by atomic mass is 19.4. The maximum atomic E-state index is 12.8. The lowest BCUT2D eigenvalue weighted by Gasteiger charge is -2.33. The van der Waals surface area contributed by atoms with Gasteiger partial charge in [-0.2, -0.15) is 13.2 Å². The maximum Gasteiger partial charge on any atom is 0.393 e. The van der Waals surface area contributed by atoms with Gasteiger partial charge in [-0.1, -0.05) is 5.16 Å². The highest BCUT2D eigenvalue weighted by Gasteiger charge is 2.43. The van der Waals surface area contributed by atoms with Crippen LogP contribution in [-0.4, -0.2) is 40.2 Å². The van der Waals surface area contributed by atoms with Crippen molar-refractivity contribution in [2.45, 2.75) is 19.0 Å². The zero-order valence-corrected chi connectivity index (χ0v) is 12.1. The van der Waals surface area contributed by atoms with Gasteiger partial charge in [0.05, 0.1) is 5.92 Å². The van der Waals surface area contributed by atoms with E-state index in [1.807, 2.05) is 0 Å². The minimum absolute atomic E-state index is 0.00618. The molecule has 0 unspecified atom stereocenters. The van der Waals surface area contributed by atoms with Crippen LogP contribution >= 0.6 is 0 Å². The fourth-order valence-electron chi connectivity index (χ4n) is 2.61. The van der Waals surface area contributed by atoms with Crippen molar-refractivity contribution in [3.05, 3.63) is 36.3 Å². The van der Waals surface area contributed by atoms with Crippen LogP contribution in [0.2, 0.25) is 0 Å². The number of amides is 1. The predicted molar refractivity (Wildman–Crippen MR) is 74.4 cm³/mol. The Kier molecular flexibility index (Phi) is 4.06. The number of hydrogen-bond donors (Lipinski definition) is 0. The van der Waals surface area contributed by atoms with Crippen LogP contribution in [-0.2, 0) is 0 Å². The molecule has 0 aliphatic carbocycles. The second-order valence-corrected chi connectivity index (χ2v) is 5.45. The van der Waals surface area contributed by atoms with Gasteiger partial charge in [0, 0.05) is 37.1 Å². The first-order chi connectivity index (χ1) is 10.9.